The lowest BCUT2D eigenvalue weighted by Gasteiger charge is -2.27. The summed E-state index contributed by atoms with van der Waals surface area (Å²) in [6, 6.07) is 12.4. The van der Waals surface area contributed by atoms with Crippen molar-refractivity contribution in [3.8, 4) is 5.69 Å². The summed E-state index contributed by atoms with van der Waals surface area (Å²) in [5, 5.41) is 8.10. The number of para-hydroxylation sites is 1. The summed E-state index contributed by atoms with van der Waals surface area (Å²) >= 11 is 0. The van der Waals surface area contributed by atoms with Crippen molar-refractivity contribution in [3.05, 3.63) is 48.3 Å². The lowest BCUT2D eigenvalue weighted by atomic mass is 9.98. The van der Waals surface area contributed by atoms with Gasteiger partial charge in [-0.2, -0.15) is 5.10 Å². The molecule has 1 aliphatic heterocycles. The van der Waals surface area contributed by atoms with Crippen LogP contribution in [0.1, 0.15) is 18.5 Å². The highest BCUT2D eigenvalue weighted by atomic mass is 15.3. The van der Waals surface area contributed by atoms with Crippen molar-refractivity contribution in [2.75, 3.05) is 26.7 Å². The van der Waals surface area contributed by atoms with E-state index in [1.165, 1.54) is 32.5 Å². The number of aromatic nitrogens is 2. The first-order valence-electron chi connectivity index (χ1n) is 7.80. The van der Waals surface area contributed by atoms with Crippen LogP contribution in [0.15, 0.2) is 42.6 Å². The molecule has 0 bridgehead atoms. The molecule has 1 aromatic heterocycles. The van der Waals surface area contributed by atoms with Gasteiger partial charge in [-0.05, 0) is 57.1 Å². The Balaban J connectivity index is 1.56. The van der Waals surface area contributed by atoms with Gasteiger partial charge in [0.15, 0.2) is 0 Å². The largest absolute Gasteiger partial charge is 0.317 e. The smallest absolute Gasteiger partial charge is 0.0769 e. The third-order valence-corrected chi connectivity index (χ3v) is 4.13. The molecule has 21 heavy (non-hydrogen) atoms. The number of nitrogens with zero attached hydrogens (tertiary/aromatic N) is 3. The van der Waals surface area contributed by atoms with Crippen LogP contribution in [0.25, 0.3) is 5.69 Å². The summed E-state index contributed by atoms with van der Waals surface area (Å²) in [6.07, 6.45) is 4.63. The van der Waals surface area contributed by atoms with E-state index in [2.05, 4.69) is 40.6 Å². The molecule has 0 atom stereocenters. The second kappa shape index (κ2) is 6.87. The molecule has 4 heteroatoms. The number of rotatable bonds is 5. The summed E-state index contributed by atoms with van der Waals surface area (Å²) in [5.41, 5.74) is 2.25. The van der Waals surface area contributed by atoms with E-state index < -0.39 is 0 Å². The maximum Gasteiger partial charge on any atom is 0.0769 e. The second-order valence-corrected chi connectivity index (χ2v) is 5.98. The molecule has 112 valence electrons. The van der Waals surface area contributed by atoms with Gasteiger partial charge in [-0.25, -0.2) is 4.68 Å². The van der Waals surface area contributed by atoms with Gasteiger partial charge in [0.1, 0.15) is 0 Å². The third kappa shape index (κ3) is 3.93. The van der Waals surface area contributed by atoms with E-state index in [0.29, 0.717) is 0 Å². The van der Waals surface area contributed by atoms with Gasteiger partial charge in [-0.1, -0.05) is 18.2 Å². The topological polar surface area (TPSA) is 33.1 Å². The minimum atomic E-state index is 0.826. The first-order valence-corrected chi connectivity index (χ1v) is 7.80. The fraction of sp³-hybridized carbons (Fsp3) is 0.471. The fourth-order valence-electron chi connectivity index (χ4n) is 3.02. The number of nitrogens with one attached hydrogen (secondary N) is 1. The standard InChI is InChI=1S/C17H24N4/c1-20(13-15-7-10-18-11-8-15)14-16-9-12-21(19-16)17-5-3-2-4-6-17/h2-6,9,12,15,18H,7-8,10-11,13-14H2,1H3. The van der Waals surface area contributed by atoms with Gasteiger partial charge in [0, 0.05) is 19.3 Å². The van der Waals surface area contributed by atoms with Crippen LogP contribution in [0, 0.1) is 5.92 Å². The summed E-state index contributed by atoms with van der Waals surface area (Å²) in [6.45, 7) is 4.42. The molecule has 1 fully saturated rings. The minimum Gasteiger partial charge on any atom is -0.317 e. The zero-order valence-corrected chi connectivity index (χ0v) is 12.7. The predicted octanol–water partition coefficient (Wildman–Crippen LogP) is 2.30. The minimum absolute atomic E-state index is 0.826. The molecule has 0 aliphatic carbocycles. The van der Waals surface area contributed by atoms with Gasteiger partial charge in [-0.3, -0.25) is 0 Å². The van der Waals surface area contributed by atoms with Crippen molar-refractivity contribution in [2.24, 2.45) is 5.92 Å². The van der Waals surface area contributed by atoms with Crippen LogP contribution in [-0.2, 0) is 6.54 Å². The number of benzene rings is 1. The van der Waals surface area contributed by atoms with Crippen molar-refractivity contribution in [1.29, 1.82) is 0 Å². The van der Waals surface area contributed by atoms with Crippen LogP contribution < -0.4 is 5.32 Å². The van der Waals surface area contributed by atoms with Crippen LogP contribution >= 0.6 is 0 Å². The molecule has 2 heterocycles. The van der Waals surface area contributed by atoms with E-state index in [1.54, 1.807) is 0 Å². The first-order chi connectivity index (χ1) is 10.3. The quantitative estimate of drug-likeness (QED) is 0.914. The Morgan fingerprint density at radius 2 is 1.95 bits per heavy atom. The highest BCUT2D eigenvalue weighted by Gasteiger charge is 2.15. The van der Waals surface area contributed by atoms with Crippen molar-refractivity contribution < 1.29 is 0 Å². The van der Waals surface area contributed by atoms with Crippen molar-refractivity contribution in [2.45, 2.75) is 19.4 Å². The second-order valence-electron chi connectivity index (χ2n) is 5.98. The number of hydrogen-bond donors (Lipinski definition) is 1. The Labute approximate surface area is 126 Å². The van der Waals surface area contributed by atoms with E-state index in [0.717, 1.165) is 23.8 Å². The Hall–Kier alpha value is -1.65. The maximum atomic E-state index is 4.68. The van der Waals surface area contributed by atoms with Crippen LogP contribution in [-0.4, -0.2) is 41.4 Å². The van der Waals surface area contributed by atoms with Gasteiger partial charge >= 0.3 is 0 Å². The number of piperidine rings is 1. The monoisotopic (exact) mass is 284 g/mol. The number of hydrogen-bond acceptors (Lipinski definition) is 3. The molecule has 0 spiro atoms. The average molecular weight is 284 g/mol. The molecule has 1 N–H and O–H groups in total. The summed E-state index contributed by atoms with van der Waals surface area (Å²) in [7, 11) is 2.20. The highest BCUT2D eigenvalue weighted by molar-refractivity contribution is 5.30. The normalized spacial score (nSPS) is 16.5. The molecule has 0 saturated carbocycles. The lowest BCUT2D eigenvalue weighted by Crippen LogP contribution is -2.34. The molecule has 1 aromatic carbocycles. The molecular formula is C17H24N4. The Kier molecular flexibility index (Phi) is 4.68. The molecule has 4 nitrogen and oxygen atoms in total. The van der Waals surface area contributed by atoms with E-state index in [-0.39, 0.29) is 0 Å². The van der Waals surface area contributed by atoms with Crippen molar-refractivity contribution in [3.63, 3.8) is 0 Å². The highest BCUT2D eigenvalue weighted by Crippen LogP contribution is 2.14. The van der Waals surface area contributed by atoms with Gasteiger partial charge in [-0.15, -0.1) is 0 Å². The summed E-state index contributed by atoms with van der Waals surface area (Å²) in [5.74, 6) is 0.826. The SMILES string of the molecule is CN(Cc1ccn(-c2ccccc2)n1)CC1CCNCC1. The fourth-order valence-corrected chi connectivity index (χ4v) is 3.02. The molecule has 0 amide bonds. The van der Waals surface area contributed by atoms with Crippen LogP contribution in [0.5, 0.6) is 0 Å². The van der Waals surface area contributed by atoms with E-state index >= 15 is 0 Å². The van der Waals surface area contributed by atoms with Gasteiger partial charge in [0.2, 0.25) is 0 Å². The zero-order chi connectivity index (χ0) is 14.5. The molecule has 3 rings (SSSR count). The third-order valence-electron chi connectivity index (χ3n) is 4.13. The first kappa shape index (κ1) is 14.3. The Morgan fingerprint density at radius 1 is 1.19 bits per heavy atom. The summed E-state index contributed by atoms with van der Waals surface area (Å²) < 4.78 is 1.95. The summed E-state index contributed by atoms with van der Waals surface area (Å²) in [4.78, 5) is 2.40. The van der Waals surface area contributed by atoms with E-state index in [9.17, 15) is 0 Å². The van der Waals surface area contributed by atoms with Crippen LogP contribution in [0.3, 0.4) is 0 Å². The van der Waals surface area contributed by atoms with E-state index in [1.807, 2.05) is 29.1 Å². The lowest BCUT2D eigenvalue weighted by molar-refractivity contribution is 0.232. The van der Waals surface area contributed by atoms with Gasteiger partial charge in [0.25, 0.3) is 0 Å². The predicted molar refractivity (Wildman–Crippen MR) is 85.5 cm³/mol. The molecular weight excluding hydrogens is 260 g/mol. The molecule has 1 saturated heterocycles. The van der Waals surface area contributed by atoms with Gasteiger partial charge < -0.3 is 10.2 Å². The van der Waals surface area contributed by atoms with Gasteiger partial charge in [0.05, 0.1) is 11.4 Å². The molecule has 2 aromatic rings. The molecule has 0 unspecified atom stereocenters. The van der Waals surface area contributed by atoms with Crippen molar-refractivity contribution in [1.82, 2.24) is 20.0 Å². The molecule has 1 aliphatic rings. The average Bonchev–Trinajstić information content (AvgIpc) is 2.97. The molecule has 0 radical (unpaired) electrons. The zero-order valence-electron chi connectivity index (χ0n) is 12.7. The van der Waals surface area contributed by atoms with Crippen LogP contribution in [0.2, 0.25) is 0 Å². The maximum absolute atomic E-state index is 4.68. The van der Waals surface area contributed by atoms with E-state index in [4.69, 9.17) is 0 Å². The Morgan fingerprint density at radius 3 is 2.71 bits per heavy atom. The van der Waals surface area contributed by atoms with Crippen molar-refractivity contribution >= 4 is 0 Å². The van der Waals surface area contributed by atoms with Crippen LogP contribution in [0.4, 0.5) is 0 Å². The Bertz CT molecular complexity index is 543.